The molecule has 6 N–H and O–H groups in total. The number of nitrogens with one attached hydrogen (secondary N) is 1. The fraction of sp³-hybridized carbons (Fsp3) is 0.400. The molecule has 134 valence electrons. The Morgan fingerprint density at radius 1 is 1.38 bits per heavy atom. The molecule has 2 aromatic rings. The summed E-state index contributed by atoms with van der Waals surface area (Å²) in [5.74, 6) is 0.843. The molecule has 0 fully saturated rings. The van der Waals surface area contributed by atoms with E-state index in [1.807, 2.05) is 37.4 Å². The second kappa shape index (κ2) is 9.56. The first-order valence-corrected chi connectivity index (χ1v) is 8.97. The van der Waals surface area contributed by atoms with Crippen molar-refractivity contribution in [3.63, 3.8) is 0 Å². The van der Waals surface area contributed by atoms with Gasteiger partial charge in [-0.15, -0.1) is 0 Å². The maximum Gasteiger partial charge on any atom is 0.466 e. The van der Waals surface area contributed by atoms with Crippen LogP contribution in [0.3, 0.4) is 0 Å². The lowest BCUT2D eigenvalue weighted by Gasteiger charge is -2.12. The molecule has 24 heavy (non-hydrogen) atoms. The number of hydrogen-bond donors (Lipinski definition) is 5. The number of aromatic nitrogens is 1. The first-order chi connectivity index (χ1) is 11.2. The highest BCUT2D eigenvalue weighted by Crippen LogP contribution is 2.27. The van der Waals surface area contributed by atoms with E-state index >= 15 is 0 Å². The highest BCUT2D eigenvalue weighted by Gasteiger charge is 2.05. The van der Waals surface area contributed by atoms with Crippen molar-refractivity contribution in [2.45, 2.75) is 25.8 Å². The van der Waals surface area contributed by atoms with E-state index in [1.165, 1.54) is 0 Å². The van der Waals surface area contributed by atoms with Crippen LogP contribution in [-0.2, 0) is 4.57 Å². The molecular weight excluding hydrogens is 333 g/mol. The number of hydrogen-bond acceptors (Lipinski definition) is 5. The highest BCUT2D eigenvalue weighted by molar-refractivity contribution is 7.45. The van der Waals surface area contributed by atoms with Gasteiger partial charge in [-0.2, -0.15) is 0 Å². The Hall–Kier alpha value is -1.70. The Morgan fingerprint density at radius 3 is 2.62 bits per heavy atom. The number of methoxy groups -OCH3 is 1. The molecule has 9 heteroatoms. The van der Waals surface area contributed by atoms with Crippen LogP contribution in [0, 0.1) is 0 Å². The van der Waals surface area contributed by atoms with Gasteiger partial charge >= 0.3 is 7.82 Å². The summed E-state index contributed by atoms with van der Waals surface area (Å²) in [4.78, 5) is 26.0. The molecule has 1 unspecified atom stereocenters. The van der Waals surface area contributed by atoms with E-state index in [4.69, 9.17) is 29.7 Å². The molecule has 0 aliphatic rings. The number of benzene rings is 1. The van der Waals surface area contributed by atoms with Gasteiger partial charge in [-0.3, -0.25) is 4.98 Å². The third-order valence-electron chi connectivity index (χ3n) is 3.07. The van der Waals surface area contributed by atoms with Crippen molar-refractivity contribution in [1.29, 1.82) is 0 Å². The molecule has 1 heterocycles. The van der Waals surface area contributed by atoms with Gasteiger partial charge in [0, 0.05) is 30.2 Å². The van der Waals surface area contributed by atoms with Gasteiger partial charge in [0.2, 0.25) is 0 Å². The Kier molecular flexibility index (Phi) is 8.10. The van der Waals surface area contributed by atoms with Crippen LogP contribution in [0.25, 0.3) is 10.9 Å². The van der Waals surface area contributed by atoms with Crippen LogP contribution in [-0.4, -0.2) is 39.4 Å². The summed E-state index contributed by atoms with van der Waals surface area (Å²) >= 11 is 0. The fourth-order valence-electron chi connectivity index (χ4n) is 2.06. The molecule has 0 amide bonds. The monoisotopic (exact) mass is 357 g/mol. The number of pyridine rings is 1. The molecule has 0 saturated heterocycles. The molecule has 1 aromatic carbocycles. The summed E-state index contributed by atoms with van der Waals surface area (Å²) in [5.41, 5.74) is 7.74. The predicted octanol–water partition coefficient (Wildman–Crippen LogP) is 1.85. The van der Waals surface area contributed by atoms with Gasteiger partial charge in [-0.25, -0.2) is 4.57 Å². The molecule has 1 atom stereocenters. The van der Waals surface area contributed by atoms with Crippen molar-refractivity contribution < 1.29 is 24.0 Å². The molecule has 0 bridgehead atoms. The minimum absolute atomic E-state index is 0.252. The van der Waals surface area contributed by atoms with E-state index in [-0.39, 0.29) is 6.04 Å². The van der Waals surface area contributed by atoms with Gasteiger partial charge in [0.05, 0.1) is 18.3 Å². The molecule has 0 spiro atoms. The van der Waals surface area contributed by atoms with Gasteiger partial charge < -0.3 is 30.5 Å². The lowest BCUT2D eigenvalue weighted by Crippen LogP contribution is -2.16. The number of phosphoric acid groups is 1. The Balaban J connectivity index is 0.000000505. The number of fused-ring (bicyclic) bond motifs is 1. The zero-order valence-electron chi connectivity index (χ0n) is 13.7. The first kappa shape index (κ1) is 20.3. The SMILES string of the molecule is COc1cc(NCCCC(C)N)c2ncccc2c1.O=P(O)(O)O. The van der Waals surface area contributed by atoms with Crippen LogP contribution in [0.5, 0.6) is 5.75 Å². The molecule has 0 saturated carbocycles. The van der Waals surface area contributed by atoms with E-state index < -0.39 is 7.82 Å². The average molecular weight is 357 g/mol. The van der Waals surface area contributed by atoms with Gasteiger partial charge in [0.25, 0.3) is 0 Å². The summed E-state index contributed by atoms with van der Waals surface area (Å²) in [6.07, 6.45) is 3.87. The molecule has 8 nitrogen and oxygen atoms in total. The third-order valence-corrected chi connectivity index (χ3v) is 3.07. The minimum atomic E-state index is -4.64. The highest BCUT2D eigenvalue weighted by atomic mass is 31.2. The Bertz CT molecular complexity index is 682. The lowest BCUT2D eigenvalue weighted by atomic mass is 10.1. The first-order valence-electron chi connectivity index (χ1n) is 7.41. The molecular formula is C15H24N3O5P. The van der Waals surface area contributed by atoms with Crippen LogP contribution in [0.15, 0.2) is 30.5 Å². The predicted molar refractivity (Wildman–Crippen MR) is 93.9 cm³/mol. The van der Waals surface area contributed by atoms with E-state index in [1.54, 1.807) is 7.11 Å². The van der Waals surface area contributed by atoms with Gasteiger partial charge in [-0.05, 0) is 31.9 Å². The van der Waals surface area contributed by atoms with Gasteiger partial charge in [0.15, 0.2) is 0 Å². The van der Waals surface area contributed by atoms with Crippen LogP contribution in [0.1, 0.15) is 19.8 Å². The third kappa shape index (κ3) is 8.24. The van der Waals surface area contributed by atoms with Crippen molar-refractivity contribution in [2.75, 3.05) is 19.0 Å². The van der Waals surface area contributed by atoms with Crippen molar-refractivity contribution in [3.05, 3.63) is 30.5 Å². The van der Waals surface area contributed by atoms with Crippen molar-refractivity contribution in [2.24, 2.45) is 5.73 Å². The smallest absolute Gasteiger partial charge is 0.466 e. The van der Waals surface area contributed by atoms with Crippen LogP contribution in [0.4, 0.5) is 5.69 Å². The quantitative estimate of drug-likeness (QED) is 0.390. The van der Waals surface area contributed by atoms with E-state index in [9.17, 15) is 0 Å². The zero-order valence-corrected chi connectivity index (χ0v) is 14.6. The van der Waals surface area contributed by atoms with E-state index in [2.05, 4.69) is 10.3 Å². The Morgan fingerprint density at radius 2 is 2.04 bits per heavy atom. The molecule has 1 aromatic heterocycles. The van der Waals surface area contributed by atoms with Crippen molar-refractivity contribution in [3.8, 4) is 5.75 Å². The topological polar surface area (TPSA) is 138 Å². The van der Waals surface area contributed by atoms with Gasteiger partial charge in [0.1, 0.15) is 5.75 Å². The zero-order chi connectivity index (χ0) is 18.2. The maximum atomic E-state index is 8.88. The molecule has 0 aliphatic carbocycles. The van der Waals surface area contributed by atoms with Crippen molar-refractivity contribution >= 4 is 24.4 Å². The summed E-state index contributed by atoms with van der Waals surface area (Å²) < 4.78 is 14.2. The second-order valence-electron chi connectivity index (χ2n) is 5.31. The van der Waals surface area contributed by atoms with E-state index in [0.717, 1.165) is 41.7 Å². The minimum Gasteiger partial charge on any atom is -0.497 e. The van der Waals surface area contributed by atoms with Crippen LogP contribution >= 0.6 is 7.82 Å². The second-order valence-corrected chi connectivity index (χ2v) is 6.34. The molecule has 0 radical (unpaired) electrons. The maximum absolute atomic E-state index is 8.88. The average Bonchev–Trinajstić information content (AvgIpc) is 2.49. The molecule has 2 rings (SSSR count). The van der Waals surface area contributed by atoms with Gasteiger partial charge in [-0.1, -0.05) is 6.07 Å². The number of anilines is 1. The van der Waals surface area contributed by atoms with E-state index in [0.29, 0.717) is 0 Å². The van der Waals surface area contributed by atoms with Crippen LogP contribution in [0.2, 0.25) is 0 Å². The standard InChI is InChI=1S/C15H21N3O.H3O4P/c1-11(16)5-3-7-17-14-10-13(19-2)9-12-6-4-8-18-15(12)14;1-5(2,3)4/h4,6,8-11,17H,3,5,7,16H2,1-2H3;(H3,1,2,3,4). The van der Waals surface area contributed by atoms with Crippen molar-refractivity contribution in [1.82, 2.24) is 4.98 Å². The fourth-order valence-corrected chi connectivity index (χ4v) is 2.06. The normalized spacial score (nSPS) is 12.2. The lowest BCUT2D eigenvalue weighted by molar-refractivity contribution is 0.275. The summed E-state index contributed by atoms with van der Waals surface area (Å²) in [7, 11) is -2.96. The Labute approximate surface area is 140 Å². The largest absolute Gasteiger partial charge is 0.497 e. The number of ether oxygens (including phenoxy) is 1. The number of rotatable bonds is 6. The summed E-state index contributed by atoms with van der Waals surface area (Å²) in [5, 5.41) is 4.50. The number of nitrogens with two attached hydrogens (primary N) is 1. The molecule has 0 aliphatic heterocycles. The number of nitrogens with zero attached hydrogens (tertiary/aromatic N) is 1. The summed E-state index contributed by atoms with van der Waals surface area (Å²) in [6, 6.07) is 8.21. The van der Waals surface area contributed by atoms with Crippen LogP contribution < -0.4 is 15.8 Å². The summed E-state index contributed by atoms with van der Waals surface area (Å²) in [6.45, 7) is 2.92.